The van der Waals surface area contributed by atoms with Gasteiger partial charge < -0.3 is 25.2 Å². The minimum atomic E-state index is -0.665. The highest BCUT2D eigenvalue weighted by atomic mass is 32.1. The normalized spacial score (nSPS) is 27.0. The molecular formula is C33H38N10O2S. The predicted molar refractivity (Wildman–Crippen MR) is 173 cm³/mol. The second-order valence-corrected chi connectivity index (χ2v) is 14.7. The van der Waals surface area contributed by atoms with Gasteiger partial charge in [-0.05, 0) is 83.9 Å². The van der Waals surface area contributed by atoms with Gasteiger partial charge in [-0.2, -0.15) is 15.6 Å². The Bertz CT molecular complexity index is 1910. The van der Waals surface area contributed by atoms with Gasteiger partial charge in [0.1, 0.15) is 16.9 Å². The third-order valence-electron chi connectivity index (χ3n) is 11.1. The number of piperidine rings is 1. The fourth-order valence-corrected chi connectivity index (χ4v) is 9.90. The van der Waals surface area contributed by atoms with Gasteiger partial charge in [0.15, 0.2) is 22.9 Å². The number of hydrogen-bond acceptors (Lipinski definition) is 12. The monoisotopic (exact) mass is 638 g/mol. The molecule has 3 N–H and O–H groups in total. The summed E-state index contributed by atoms with van der Waals surface area (Å²) in [4.78, 5) is 16.0. The van der Waals surface area contributed by atoms with E-state index in [1.807, 2.05) is 10.9 Å². The highest BCUT2D eigenvalue weighted by Crippen LogP contribution is 2.55. The summed E-state index contributed by atoms with van der Waals surface area (Å²) >= 11 is 1.53. The minimum absolute atomic E-state index is 0.0826. The topological polar surface area (TPSA) is 170 Å². The molecule has 46 heavy (non-hydrogen) atoms. The van der Waals surface area contributed by atoms with E-state index in [-0.39, 0.29) is 6.04 Å². The molecular weight excluding hydrogens is 600 g/mol. The molecule has 2 fully saturated rings. The van der Waals surface area contributed by atoms with E-state index in [1.165, 1.54) is 16.2 Å². The number of anilines is 2. The van der Waals surface area contributed by atoms with Crippen molar-refractivity contribution < 1.29 is 9.63 Å². The molecule has 0 saturated carbocycles. The number of nitrogen functional groups attached to an aromatic ring is 1. The van der Waals surface area contributed by atoms with Gasteiger partial charge in [-0.15, -0.1) is 11.3 Å². The first-order valence-corrected chi connectivity index (χ1v) is 17.3. The maximum atomic E-state index is 10.5. The minimum Gasteiger partial charge on any atom is -0.392 e. The van der Waals surface area contributed by atoms with Crippen LogP contribution in [0.5, 0.6) is 0 Å². The van der Waals surface area contributed by atoms with Crippen molar-refractivity contribution in [3.8, 4) is 23.7 Å². The van der Waals surface area contributed by atoms with Gasteiger partial charge in [-0.1, -0.05) is 5.16 Å². The van der Waals surface area contributed by atoms with Crippen LogP contribution < -0.4 is 10.6 Å². The standard InChI is InChI=1S/C33H38N10O2S/c1-18(23-7-5-12-41(23)2)43-32-22(16-37-43)31(42-13-9-24(44)19(14-34)17-42)38-30(39-32)27-20-6-3-10-33(28(20)45-40-27)11-4-8-25-26(33)21(15-35)29(36)46-25/h16,18-19,23-24,44H,3-13,17,36H2,1-2H3/t18-,19-,23-,24-,33-/m0/s1. The van der Waals surface area contributed by atoms with E-state index in [1.54, 1.807) is 0 Å². The van der Waals surface area contributed by atoms with Crippen molar-refractivity contribution in [3.05, 3.63) is 33.5 Å². The Morgan fingerprint density at radius 3 is 2.74 bits per heavy atom. The summed E-state index contributed by atoms with van der Waals surface area (Å²) in [5.74, 6) is 1.47. The number of likely N-dealkylation sites (tertiary alicyclic amines) is 1. The molecule has 238 valence electrons. The zero-order chi connectivity index (χ0) is 31.7. The molecule has 13 heteroatoms. The van der Waals surface area contributed by atoms with Crippen LogP contribution in [0.1, 0.15) is 85.2 Å². The van der Waals surface area contributed by atoms with E-state index >= 15 is 0 Å². The van der Waals surface area contributed by atoms with E-state index in [9.17, 15) is 15.6 Å². The number of fused-ring (bicyclic) bond motifs is 5. The van der Waals surface area contributed by atoms with Gasteiger partial charge in [-0.3, -0.25) is 0 Å². The predicted octanol–water partition coefficient (Wildman–Crippen LogP) is 4.32. The fraction of sp³-hybridized carbons (Fsp3) is 0.576. The lowest BCUT2D eigenvalue weighted by Gasteiger charge is -2.39. The summed E-state index contributed by atoms with van der Waals surface area (Å²) < 4.78 is 8.33. The van der Waals surface area contributed by atoms with Crippen LogP contribution in [-0.2, 0) is 18.3 Å². The highest BCUT2D eigenvalue weighted by Gasteiger charge is 2.49. The molecule has 1 spiro atoms. The van der Waals surface area contributed by atoms with Crippen LogP contribution in [0, 0.1) is 28.6 Å². The molecule has 2 aliphatic carbocycles. The highest BCUT2D eigenvalue weighted by molar-refractivity contribution is 7.16. The third-order valence-corrected chi connectivity index (χ3v) is 12.1. The van der Waals surface area contributed by atoms with Crippen LogP contribution in [0.25, 0.3) is 22.6 Å². The summed E-state index contributed by atoms with van der Waals surface area (Å²) in [6.07, 6.45) is 9.26. The zero-order valence-corrected chi connectivity index (χ0v) is 27.1. The lowest BCUT2D eigenvalue weighted by molar-refractivity contribution is 0.113. The number of nitrogens with two attached hydrogens (primary N) is 1. The molecule has 2 aliphatic heterocycles. The number of hydrogen-bond donors (Lipinski definition) is 2. The SMILES string of the molecule is C[C@@H]([C@@H]1CCCN1C)n1ncc2c(N3CC[C@H](O)[C@@H](C#N)C3)nc(-c3noc4c3CCC[C@@]43CCCc4sc(N)c(C#N)c43)nc21. The molecule has 12 nitrogen and oxygen atoms in total. The average Bonchev–Trinajstić information content (AvgIpc) is 3.86. The lowest BCUT2D eigenvalue weighted by Crippen LogP contribution is -2.43. The van der Waals surface area contributed by atoms with Crippen LogP contribution in [-0.4, -0.2) is 73.7 Å². The van der Waals surface area contributed by atoms with Gasteiger partial charge in [0.2, 0.25) is 0 Å². The summed E-state index contributed by atoms with van der Waals surface area (Å²) in [6.45, 7) is 4.19. The van der Waals surface area contributed by atoms with Gasteiger partial charge in [0.25, 0.3) is 0 Å². The van der Waals surface area contributed by atoms with Crippen molar-refractivity contribution in [1.82, 2.24) is 29.8 Å². The molecule has 0 aromatic carbocycles. The Morgan fingerprint density at radius 1 is 1.15 bits per heavy atom. The van der Waals surface area contributed by atoms with E-state index in [0.717, 1.165) is 85.8 Å². The number of thiophene rings is 1. The molecule has 4 aromatic rings. The first-order chi connectivity index (χ1) is 22.3. The molecule has 8 rings (SSSR count). The number of likely N-dealkylation sites (N-methyl/N-ethyl adjacent to an activating group) is 1. The first-order valence-electron chi connectivity index (χ1n) is 16.4. The maximum absolute atomic E-state index is 10.5. The van der Waals surface area contributed by atoms with Crippen molar-refractivity contribution in [2.24, 2.45) is 5.92 Å². The quantitative estimate of drug-likeness (QED) is 0.326. The zero-order valence-electron chi connectivity index (χ0n) is 26.2. The Labute approximate surface area is 271 Å². The third kappa shape index (κ3) is 4.29. The van der Waals surface area contributed by atoms with Crippen LogP contribution in [0.15, 0.2) is 10.7 Å². The van der Waals surface area contributed by atoms with E-state index in [0.29, 0.717) is 53.5 Å². The van der Waals surface area contributed by atoms with Crippen LogP contribution in [0.3, 0.4) is 0 Å². The Kier molecular flexibility index (Phi) is 7.05. The Morgan fingerprint density at radius 2 is 1.98 bits per heavy atom. The number of nitrogens with zero attached hydrogens (tertiary/aromatic N) is 9. The van der Waals surface area contributed by atoms with Gasteiger partial charge in [-0.25, -0.2) is 14.6 Å². The van der Waals surface area contributed by atoms with Crippen molar-refractivity contribution in [1.29, 1.82) is 10.5 Å². The molecule has 2 saturated heterocycles. The molecule has 0 bridgehead atoms. The summed E-state index contributed by atoms with van der Waals surface area (Å²) in [6, 6.07) is 5.10. The summed E-state index contributed by atoms with van der Waals surface area (Å²) in [7, 11) is 2.17. The second kappa shape index (κ2) is 11.0. The number of aryl methyl sites for hydroxylation is 1. The molecule has 4 aromatic heterocycles. The molecule has 6 heterocycles. The number of aliphatic hydroxyl groups is 1. The van der Waals surface area contributed by atoms with Crippen molar-refractivity contribution >= 4 is 33.2 Å². The van der Waals surface area contributed by atoms with Crippen LogP contribution in [0.2, 0.25) is 0 Å². The van der Waals surface area contributed by atoms with Gasteiger partial charge in [0, 0.05) is 29.6 Å². The average molecular weight is 639 g/mol. The second-order valence-electron chi connectivity index (χ2n) is 13.5. The molecule has 4 aliphatic rings. The largest absolute Gasteiger partial charge is 0.392 e. The van der Waals surface area contributed by atoms with Crippen molar-refractivity contribution in [2.45, 2.75) is 88.3 Å². The van der Waals surface area contributed by atoms with Gasteiger partial charge in [0.05, 0.1) is 46.7 Å². The lowest BCUT2D eigenvalue weighted by atomic mass is 9.63. The maximum Gasteiger partial charge on any atom is 0.186 e. The fourth-order valence-electron chi connectivity index (χ4n) is 8.74. The number of aliphatic hydroxyl groups excluding tert-OH is 1. The summed E-state index contributed by atoms with van der Waals surface area (Å²) in [5, 5.41) is 41.3. The van der Waals surface area contributed by atoms with Gasteiger partial charge >= 0.3 is 0 Å². The first kappa shape index (κ1) is 29.4. The smallest absolute Gasteiger partial charge is 0.186 e. The molecule has 0 unspecified atom stereocenters. The van der Waals surface area contributed by atoms with E-state index in [4.69, 9.17) is 25.3 Å². The Balaban J connectivity index is 1.29. The number of rotatable bonds is 4. The molecule has 5 atom stereocenters. The van der Waals surface area contributed by atoms with E-state index in [2.05, 4.69) is 41.1 Å². The molecule has 0 radical (unpaired) electrons. The van der Waals surface area contributed by atoms with E-state index < -0.39 is 17.4 Å². The molecule has 0 amide bonds. The van der Waals surface area contributed by atoms with Crippen LogP contribution >= 0.6 is 11.3 Å². The van der Waals surface area contributed by atoms with Crippen LogP contribution in [0.4, 0.5) is 10.8 Å². The summed E-state index contributed by atoms with van der Waals surface area (Å²) in [5.41, 5.74) is 9.89. The van der Waals surface area contributed by atoms with Crippen molar-refractivity contribution in [3.63, 3.8) is 0 Å². The Hall–Kier alpha value is -4.04. The van der Waals surface area contributed by atoms with Crippen molar-refractivity contribution in [2.75, 3.05) is 37.3 Å². The number of aromatic nitrogens is 5. The number of nitriles is 2.